The Morgan fingerprint density at radius 2 is 1.71 bits per heavy atom. The van der Waals surface area contributed by atoms with E-state index in [-0.39, 0.29) is 0 Å². The first-order valence-electron chi connectivity index (χ1n) is 6.20. The normalized spacial score (nSPS) is 27.5. The molecule has 1 aliphatic heterocycles. The van der Waals surface area contributed by atoms with Crippen molar-refractivity contribution in [2.45, 2.75) is 37.8 Å². The van der Waals surface area contributed by atoms with E-state index in [2.05, 4.69) is 4.99 Å². The number of benzene rings is 1. The molecule has 0 saturated heterocycles. The Morgan fingerprint density at radius 1 is 1.00 bits per heavy atom. The predicted molar refractivity (Wildman–Crippen MR) is 72.5 cm³/mol. The second-order valence-electron chi connectivity index (χ2n) is 4.72. The first kappa shape index (κ1) is 11.0. The minimum Gasteiger partial charge on any atom is -0.285 e. The minimum absolute atomic E-state index is 0.402. The van der Waals surface area contributed by atoms with Crippen molar-refractivity contribution in [1.29, 1.82) is 0 Å². The first-order valence-corrected chi connectivity index (χ1v) is 6.58. The van der Waals surface area contributed by atoms with Crippen LogP contribution in [0.5, 0.6) is 0 Å². The lowest BCUT2D eigenvalue weighted by atomic mass is 9.90. The molecule has 3 rings (SSSR count). The standard InChI is InChI=1S/C14H15ClN2/c15-11-7-5-10(6-8-11)14-9-16-12-3-1-2-4-13(12)17-14/h5-9,12-13H,1-4H2/t12-,13-/m1/s1. The quantitative estimate of drug-likeness (QED) is 0.724. The van der Waals surface area contributed by atoms with Gasteiger partial charge in [-0.15, -0.1) is 0 Å². The Morgan fingerprint density at radius 3 is 2.47 bits per heavy atom. The van der Waals surface area contributed by atoms with Crippen LogP contribution >= 0.6 is 11.6 Å². The molecular weight excluding hydrogens is 232 g/mol. The van der Waals surface area contributed by atoms with Crippen molar-refractivity contribution in [3.63, 3.8) is 0 Å². The summed E-state index contributed by atoms with van der Waals surface area (Å²) in [6.07, 6.45) is 6.88. The lowest BCUT2D eigenvalue weighted by molar-refractivity contribution is 0.387. The molecule has 0 N–H and O–H groups in total. The molecule has 1 aromatic carbocycles. The molecule has 17 heavy (non-hydrogen) atoms. The average Bonchev–Trinajstić information content (AvgIpc) is 2.39. The van der Waals surface area contributed by atoms with Gasteiger partial charge in [0.25, 0.3) is 0 Å². The van der Waals surface area contributed by atoms with E-state index < -0.39 is 0 Å². The number of nitrogens with zero attached hydrogens (tertiary/aromatic N) is 2. The Labute approximate surface area is 106 Å². The summed E-state index contributed by atoms with van der Waals surface area (Å²) >= 11 is 5.89. The van der Waals surface area contributed by atoms with Gasteiger partial charge >= 0.3 is 0 Å². The third kappa shape index (κ3) is 2.27. The van der Waals surface area contributed by atoms with Crippen molar-refractivity contribution in [3.8, 4) is 0 Å². The summed E-state index contributed by atoms with van der Waals surface area (Å²) in [6.45, 7) is 0. The SMILES string of the molecule is Clc1ccc(C2=N[C@@H]3CCCC[C@H]3N=C2)cc1. The van der Waals surface area contributed by atoms with Crippen LogP contribution in [0.15, 0.2) is 34.3 Å². The van der Waals surface area contributed by atoms with Crippen LogP contribution in [0.2, 0.25) is 5.02 Å². The summed E-state index contributed by atoms with van der Waals surface area (Å²) in [4.78, 5) is 9.47. The summed E-state index contributed by atoms with van der Waals surface area (Å²) in [6, 6.07) is 8.66. The minimum atomic E-state index is 0.402. The van der Waals surface area contributed by atoms with E-state index in [9.17, 15) is 0 Å². The van der Waals surface area contributed by atoms with Crippen molar-refractivity contribution in [3.05, 3.63) is 34.9 Å². The molecule has 1 heterocycles. The number of hydrogen-bond acceptors (Lipinski definition) is 2. The molecule has 1 fully saturated rings. The number of halogens is 1. The summed E-state index contributed by atoms with van der Waals surface area (Å²) < 4.78 is 0. The largest absolute Gasteiger partial charge is 0.285 e. The van der Waals surface area contributed by atoms with Gasteiger partial charge in [0.05, 0.1) is 17.8 Å². The van der Waals surface area contributed by atoms with Gasteiger partial charge in [-0.3, -0.25) is 9.98 Å². The van der Waals surface area contributed by atoms with Gasteiger partial charge < -0.3 is 0 Å². The van der Waals surface area contributed by atoms with Crippen molar-refractivity contribution >= 4 is 23.5 Å². The van der Waals surface area contributed by atoms with Crippen molar-refractivity contribution in [1.82, 2.24) is 0 Å². The predicted octanol–water partition coefficient (Wildman–Crippen LogP) is 3.52. The lowest BCUT2D eigenvalue weighted by Crippen LogP contribution is -2.32. The zero-order chi connectivity index (χ0) is 11.7. The van der Waals surface area contributed by atoms with Gasteiger partial charge in [-0.05, 0) is 25.0 Å². The molecule has 0 aromatic heterocycles. The Balaban J connectivity index is 1.87. The lowest BCUT2D eigenvalue weighted by Gasteiger charge is -2.28. The second kappa shape index (κ2) is 4.61. The van der Waals surface area contributed by atoms with Crippen molar-refractivity contribution < 1.29 is 0 Å². The molecule has 1 aromatic rings. The highest BCUT2D eigenvalue weighted by atomic mass is 35.5. The van der Waals surface area contributed by atoms with E-state index in [4.69, 9.17) is 16.6 Å². The monoisotopic (exact) mass is 246 g/mol. The first-order chi connectivity index (χ1) is 8.33. The van der Waals surface area contributed by atoms with Gasteiger partial charge in [-0.2, -0.15) is 0 Å². The van der Waals surface area contributed by atoms with Gasteiger partial charge in [0.15, 0.2) is 0 Å². The highest BCUT2D eigenvalue weighted by Crippen LogP contribution is 2.26. The smallest absolute Gasteiger partial charge is 0.0829 e. The van der Waals surface area contributed by atoms with Crippen LogP contribution in [0.3, 0.4) is 0 Å². The fraction of sp³-hybridized carbons (Fsp3) is 0.429. The number of aliphatic imine (C=N–C) groups is 2. The second-order valence-corrected chi connectivity index (χ2v) is 5.15. The van der Waals surface area contributed by atoms with E-state index in [0.717, 1.165) is 16.3 Å². The van der Waals surface area contributed by atoms with Crippen LogP contribution in [0.1, 0.15) is 31.2 Å². The molecule has 3 heteroatoms. The maximum absolute atomic E-state index is 5.89. The van der Waals surface area contributed by atoms with E-state index in [1.54, 1.807) is 0 Å². The van der Waals surface area contributed by atoms with Crippen LogP contribution in [0.4, 0.5) is 0 Å². The van der Waals surface area contributed by atoms with E-state index in [1.807, 2.05) is 30.5 Å². The van der Waals surface area contributed by atoms with Crippen LogP contribution in [-0.4, -0.2) is 24.0 Å². The van der Waals surface area contributed by atoms with Crippen molar-refractivity contribution in [2.75, 3.05) is 0 Å². The molecule has 1 aliphatic carbocycles. The summed E-state index contributed by atoms with van der Waals surface area (Å²) in [7, 11) is 0. The Hall–Kier alpha value is -1.15. The van der Waals surface area contributed by atoms with Crippen LogP contribution < -0.4 is 0 Å². The van der Waals surface area contributed by atoms with Crippen LogP contribution in [0, 0.1) is 0 Å². The van der Waals surface area contributed by atoms with Gasteiger partial charge in [0, 0.05) is 16.8 Å². The molecule has 2 aliphatic rings. The summed E-state index contributed by atoms with van der Waals surface area (Å²) in [5.41, 5.74) is 2.12. The van der Waals surface area contributed by atoms with Crippen molar-refractivity contribution in [2.24, 2.45) is 9.98 Å². The van der Waals surface area contributed by atoms with E-state index in [1.165, 1.54) is 25.7 Å². The molecule has 0 unspecified atom stereocenters. The fourth-order valence-electron chi connectivity index (χ4n) is 2.56. The molecule has 0 bridgehead atoms. The molecular formula is C14H15ClN2. The molecule has 88 valence electrons. The summed E-state index contributed by atoms with van der Waals surface area (Å²) in [5.74, 6) is 0. The zero-order valence-corrected chi connectivity index (χ0v) is 10.4. The number of rotatable bonds is 1. The Kier molecular flexibility index (Phi) is 2.98. The van der Waals surface area contributed by atoms with Gasteiger partial charge in [-0.25, -0.2) is 0 Å². The zero-order valence-electron chi connectivity index (χ0n) is 9.64. The average molecular weight is 247 g/mol. The topological polar surface area (TPSA) is 24.7 Å². The molecule has 2 atom stereocenters. The number of fused-ring (bicyclic) bond motifs is 1. The van der Waals surface area contributed by atoms with Crippen LogP contribution in [0.25, 0.3) is 0 Å². The fourth-order valence-corrected chi connectivity index (χ4v) is 2.69. The molecule has 0 radical (unpaired) electrons. The van der Waals surface area contributed by atoms with E-state index >= 15 is 0 Å². The molecule has 0 spiro atoms. The third-order valence-electron chi connectivity index (χ3n) is 3.53. The van der Waals surface area contributed by atoms with Gasteiger partial charge in [-0.1, -0.05) is 36.6 Å². The van der Waals surface area contributed by atoms with Gasteiger partial charge in [0.1, 0.15) is 0 Å². The van der Waals surface area contributed by atoms with Crippen LogP contribution in [-0.2, 0) is 0 Å². The highest BCUT2D eigenvalue weighted by molar-refractivity contribution is 6.39. The van der Waals surface area contributed by atoms with Gasteiger partial charge in [0.2, 0.25) is 0 Å². The maximum atomic E-state index is 5.89. The molecule has 2 nitrogen and oxygen atoms in total. The molecule has 1 saturated carbocycles. The summed E-state index contributed by atoms with van der Waals surface area (Å²) in [5, 5.41) is 0.762. The maximum Gasteiger partial charge on any atom is 0.0829 e. The number of hydrogen-bond donors (Lipinski definition) is 0. The highest BCUT2D eigenvalue weighted by Gasteiger charge is 2.26. The molecule has 0 amide bonds. The van der Waals surface area contributed by atoms with E-state index in [0.29, 0.717) is 12.1 Å². The third-order valence-corrected chi connectivity index (χ3v) is 3.78. The Bertz CT molecular complexity index is 462.